The Bertz CT molecular complexity index is 1290. The maximum absolute atomic E-state index is 13.2. The number of alkyl halides is 6. The van der Waals surface area contributed by atoms with E-state index in [-0.39, 0.29) is 23.8 Å². The minimum atomic E-state index is -5.13. The number of hydrogen-bond donors (Lipinski definition) is 2. The number of rotatable bonds is 5. The number of nitrogens with one attached hydrogen (secondary N) is 2. The fraction of sp³-hybridized carbons (Fsp3) is 0.364. The molecule has 1 atom stereocenters. The van der Waals surface area contributed by atoms with Gasteiger partial charge >= 0.3 is 18.4 Å². The summed E-state index contributed by atoms with van der Waals surface area (Å²) in [5.41, 5.74) is -5.02. The molecule has 2 N–H and O–H groups in total. The van der Waals surface area contributed by atoms with Crippen molar-refractivity contribution in [2.75, 3.05) is 5.32 Å². The zero-order chi connectivity index (χ0) is 28.5. The van der Waals surface area contributed by atoms with Crippen LogP contribution in [0.3, 0.4) is 0 Å². The van der Waals surface area contributed by atoms with Crippen LogP contribution in [0.1, 0.15) is 61.0 Å². The molecule has 204 valence electrons. The van der Waals surface area contributed by atoms with Gasteiger partial charge in [0, 0.05) is 18.0 Å². The molecule has 0 saturated carbocycles. The van der Waals surface area contributed by atoms with E-state index in [1.165, 1.54) is 25.4 Å². The van der Waals surface area contributed by atoms with Crippen LogP contribution < -0.4 is 10.6 Å². The molecule has 0 aliphatic carbocycles. The lowest BCUT2D eigenvalue weighted by molar-refractivity contribution is -0.143. The quantitative estimate of drug-likeness (QED) is 0.436. The van der Waals surface area contributed by atoms with Crippen molar-refractivity contribution in [2.24, 2.45) is 0 Å². The summed E-state index contributed by atoms with van der Waals surface area (Å²) < 4.78 is 85.4. The Kier molecular flexibility index (Phi) is 7.65. The normalized spacial score (nSPS) is 13.1. The van der Waals surface area contributed by atoms with Crippen molar-refractivity contribution in [1.29, 1.82) is 0 Å². The van der Waals surface area contributed by atoms with Crippen LogP contribution in [-0.2, 0) is 17.1 Å². The van der Waals surface area contributed by atoms with Crippen LogP contribution in [0.15, 0.2) is 36.7 Å². The molecule has 10 nitrogen and oxygen atoms in total. The van der Waals surface area contributed by atoms with Crippen molar-refractivity contribution in [2.45, 2.75) is 51.7 Å². The standard InChI is InChI=1S/C22H21F6N7O3/c1-11(31-16(36)12-8-13(21(23,24)25)10-14(9-12)22(26,27)28)15-32-17(33-19(37)38-20(2,3)4)34-35(15)18-29-6-5-7-30-18/h5-11H,1-4H3,(H,31,36)(H,33,34,37). The largest absolute Gasteiger partial charge is 0.444 e. The number of halogens is 6. The molecule has 0 spiro atoms. The highest BCUT2D eigenvalue weighted by molar-refractivity contribution is 5.95. The van der Waals surface area contributed by atoms with Gasteiger partial charge < -0.3 is 10.1 Å². The fourth-order valence-corrected chi connectivity index (χ4v) is 3.03. The average Bonchev–Trinajstić information content (AvgIpc) is 3.20. The summed E-state index contributed by atoms with van der Waals surface area (Å²) in [6.45, 7) is 6.21. The second kappa shape index (κ2) is 10.3. The molecule has 0 fully saturated rings. The van der Waals surface area contributed by atoms with E-state index in [1.54, 1.807) is 20.8 Å². The molecule has 2 aromatic heterocycles. The Balaban J connectivity index is 1.95. The Morgan fingerprint density at radius 2 is 1.50 bits per heavy atom. The predicted molar refractivity (Wildman–Crippen MR) is 119 cm³/mol. The lowest BCUT2D eigenvalue weighted by Gasteiger charge is -2.18. The Hall–Kier alpha value is -4.24. The summed E-state index contributed by atoms with van der Waals surface area (Å²) in [4.78, 5) is 37.0. The number of benzene rings is 1. The van der Waals surface area contributed by atoms with E-state index in [9.17, 15) is 35.9 Å². The van der Waals surface area contributed by atoms with Crippen LogP contribution in [0.2, 0.25) is 0 Å². The molecular weight excluding hydrogens is 524 g/mol. The Morgan fingerprint density at radius 3 is 2.00 bits per heavy atom. The van der Waals surface area contributed by atoms with E-state index < -0.39 is 52.7 Å². The summed E-state index contributed by atoms with van der Waals surface area (Å²) in [5.74, 6) is -1.69. The second-order valence-corrected chi connectivity index (χ2v) is 8.87. The summed E-state index contributed by atoms with van der Waals surface area (Å²) in [7, 11) is 0. The number of nitrogens with zero attached hydrogens (tertiary/aromatic N) is 5. The van der Waals surface area contributed by atoms with Crippen molar-refractivity contribution in [3.8, 4) is 5.95 Å². The number of carbonyl (C=O) groups is 2. The highest BCUT2D eigenvalue weighted by Gasteiger charge is 2.37. The third kappa shape index (κ3) is 7.17. The number of hydrogen-bond acceptors (Lipinski definition) is 7. The van der Waals surface area contributed by atoms with Gasteiger partial charge in [0.05, 0.1) is 17.2 Å². The molecule has 38 heavy (non-hydrogen) atoms. The van der Waals surface area contributed by atoms with Gasteiger partial charge in [-0.25, -0.2) is 14.8 Å². The summed E-state index contributed by atoms with van der Waals surface area (Å²) in [6, 6.07) is 0.863. The first-order chi connectivity index (χ1) is 17.4. The first-order valence-electron chi connectivity index (χ1n) is 10.8. The third-order valence-corrected chi connectivity index (χ3v) is 4.57. The molecule has 2 amide bonds. The molecular formula is C22H21F6N7O3. The minimum absolute atomic E-state index is 0.0493. The molecule has 3 aromatic rings. The minimum Gasteiger partial charge on any atom is -0.444 e. The predicted octanol–water partition coefficient (Wildman–Crippen LogP) is 4.93. The summed E-state index contributed by atoms with van der Waals surface area (Å²) in [5, 5.41) is 8.65. The molecule has 0 aliphatic heterocycles. The molecule has 0 saturated heterocycles. The maximum atomic E-state index is 13.2. The van der Waals surface area contributed by atoms with Crippen molar-refractivity contribution < 1.29 is 40.7 Å². The van der Waals surface area contributed by atoms with Gasteiger partial charge in [0.15, 0.2) is 5.82 Å². The topological polar surface area (TPSA) is 124 Å². The Labute approximate surface area is 211 Å². The highest BCUT2D eigenvalue weighted by atomic mass is 19.4. The number of carbonyl (C=O) groups excluding carboxylic acids is 2. The number of amides is 2. The summed E-state index contributed by atoms with van der Waals surface area (Å²) >= 11 is 0. The second-order valence-electron chi connectivity index (χ2n) is 8.87. The smallest absolute Gasteiger partial charge is 0.416 e. The van der Waals surface area contributed by atoms with Crippen LogP contribution in [0.25, 0.3) is 5.95 Å². The lowest BCUT2D eigenvalue weighted by Crippen LogP contribution is -2.29. The van der Waals surface area contributed by atoms with Gasteiger partial charge in [-0.2, -0.15) is 36.0 Å². The SMILES string of the molecule is CC(NC(=O)c1cc(C(F)(F)F)cc(C(F)(F)F)c1)c1nc(NC(=O)OC(C)(C)C)nn1-c1ncccn1. The van der Waals surface area contributed by atoms with E-state index >= 15 is 0 Å². The Morgan fingerprint density at radius 1 is 0.947 bits per heavy atom. The molecule has 16 heteroatoms. The van der Waals surface area contributed by atoms with Gasteiger partial charge in [0.1, 0.15) is 5.60 Å². The number of ether oxygens (including phenoxy) is 1. The molecule has 0 radical (unpaired) electrons. The van der Waals surface area contributed by atoms with Crippen LogP contribution in [0.5, 0.6) is 0 Å². The van der Waals surface area contributed by atoms with Gasteiger partial charge in [-0.3, -0.25) is 10.1 Å². The molecule has 1 unspecified atom stereocenters. The maximum Gasteiger partial charge on any atom is 0.416 e. The van der Waals surface area contributed by atoms with E-state index in [0.29, 0.717) is 12.1 Å². The van der Waals surface area contributed by atoms with E-state index in [0.717, 1.165) is 4.68 Å². The molecule has 0 bridgehead atoms. The first-order valence-corrected chi connectivity index (χ1v) is 10.8. The lowest BCUT2D eigenvalue weighted by atomic mass is 10.0. The van der Waals surface area contributed by atoms with Crippen molar-refractivity contribution in [3.05, 3.63) is 59.2 Å². The molecule has 1 aromatic carbocycles. The number of anilines is 1. The average molecular weight is 545 g/mol. The van der Waals surface area contributed by atoms with Crippen molar-refractivity contribution >= 4 is 17.9 Å². The fourth-order valence-electron chi connectivity index (χ4n) is 3.03. The highest BCUT2D eigenvalue weighted by Crippen LogP contribution is 2.36. The number of aromatic nitrogens is 5. The molecule has 0 aliphatic rings. The van der Waals surface area contributed by atoms with Crippen molar-refractivity contribution in [1.82, 2.24) is 30.0 Å². The van der Waals surface area contributed by atoms with Gasteiger partial charge in [0.25, 0.3) is 17.8 Å². The summed E-state index contributed by atoms with van der Waals surface area (Å²) in [6.07, 6.45) is -8.45. The van der Waals surface area contributed by atoms with E-state index in [4.69, 9.17) is 4.74 Å². The van der Waals surface area contributed by atoms with Gasteiger partial charge in [-0.15, -0.1) is 5.10 Å². The van der Waals surface area contributed by atoms with Crippen LogP contribution in [-0.4, -0.2) is 42.3 Å². The van der Waals surface area contributed by atoms with Crippen molar-refractivity contribution in [3.63, 3.8) is 0 Å². The zero-order valence-electron chi connectivity index (χ0n) is 20.3. The molecule has 3 rings (SSSR count). The van der Waals surface area contributed by atoms with Gasteiger partial charge in [0.2, 0.25) is 0 Å². The van der Waals surface area contributed by atoms with Crippen LogP contribution >= 0.6 is 0 Å². The van der Waals surface area contributed by atoms with E-state index in [1.807, 2.05) is 0 Å². The first kappa shape index (κ1) is 28.3. The van der Waals surface area contributed by atoms with Crippen LogP contribution in [0, 0.1) is 0 Å². The third-order valence-electron chi connectivity index (χ3n) is 4.57. The van der Waals surface area contributed by atoms with Gasteiger partial charge in [-0.05, 0) is 52.0 Å². The monoisotopic (exact) mass is 545 g/mol. The van der Waals surface area contributed by atoms with E-state index in [2.05, 4.69) is 30.7 Å². The zero-order valence-corrected chi connectivity index (χ0v) is 20.3. The van der Waals surface area contributed by atoms with Gasteiger partial charge in [-0.1, -0.05) is 0 Å². The molecule has 2 heterocycles. The van der Waals surface area contributed by atoms with Crippen LogP contribution in [0.4, 0.5) is 37.1 Å².